The highest BCUT2D eigenvalue weighted by atomic mass is 15.1. The lowest BCUT2D eigenvalue weighted by Gasteiger charge is -2.43. The molecule has 0 aliphatic heterocycles. The van der Waals surface area contributed by atoms with E-state index in [2.05, 4.69) is 183 Å². The van der Waals surface area contributed by atoms with Gasteiger partial charge >= 0.3 is 0 Å². The summed E-state index contributed by atoms with van der Waals surface area (Å²) in [5, 5.41) is 0. The molecule has 2 nitrogen and oxygen atoms in total. The molecule has 45 heavy (non-hydrogen) atoms. The van der Waals surface area contributed by atoms with Crippen molar-refractivity contribution in [2.75, 3.05) is 38.0 Å². The number of rotatable bonds is 6. The predicted octanol–water partition coefficient (Wildman–Crippen LogP) is 10.4. The number of anilines is 2. The van der Waals surface area contributed by atoms with Crippen molar-refractivity contribution in [1.82, 2.24) is 0 Å². The summed E-state index contributed by atoms with van der Waals surface area (Å²) in [5.41, 5.74) is 14.7. The lowest BCUT2D eigenvalue weighted by molar-refractivity contribution is 0.526. The largest absolute Gasteiger partial charge is 0.378 e. The van der Waals surface area contributed by atoms with Crippen molar-refractivity contribution in [3.05, 3.63) is 142 Å². The molecule has 0 bridgehead atoms. The summed E-state index contributed by atoms with van der Waals surface area (Å²) < 4.78 is 0. The molecule has 0 aromatic heterocycles. The van der Waals surface area contributed by atoms with Gasteiger partial charge in [-0.1, -0.05) is 126 Å². The van der Waals surface area contributed by atoms with Crippen molar-refractivity contribution in [1.29, 1.82) is 0 Å². The second kappa shape index (κ2) is 11.1. The van der Waals surface area contributed by atoms with E-state index >= 15 is 0 Å². The van der Waals surface area contributed by atoms with Crippen molar-refractivity contribution < 1.29 is 0 Å². The van der Waals surface area contributed by atoms with E-state index in [4.69, 9.17) is 0 Å². The van der Waals surface area contributed by atoms with Gasteiger partial charge in [-0.05, 0) is 86.0 Å². The van der Waals surface area contributed by atoms with E-state index in [9.17, 15) is 0 Å². The smallest absolute Gasteiger partial charge is 0.0526 e. The number of benzene rings is 4. The van der Waals surface area contributed by atoms with E-state index < -0.39 is 5.41 Å². The third-order valence-corrected chi connectivity index (χ3v) is 10.1. The number of hydrogen-bond acceptors (Lipinski definition) is 2. The van der Waals surface area contributed by atoms with E-state index in [1.165, 1.54) is 61.5 Å². The molecule has 4 aromatic carbocycles. The molecule has 232 valence electrons. The molecule has 2 heteroatoms. The van der Waals surface area contributed by atoms with Crippen molar-refractivity contribution >= 4 is 11.4 Å². The van der Waals surface area contributed by atoms with Crippen molar-refractivity contribution in [2.24, 2.45) is 0 Å². The van der Waals surface area contributed by atoms with E-state index in [0.717, 1.165) is 6.42 Å². The van der Waals surface area contributed by atoms with Gasteiger partial charge in [0.2, 0.25) is 0 Å². The normalized spacial score (nSPS) is 14.8. The molecule has 0 saturated carbocycles. The number of hydrogen-bond donors (Lipinski definition) is 0. The van der Waals surface area contributed by atoms with Gasteiger partial charge in [0.05, 0.1) is 5.41 Å². The number of allylic oxidation sites excluding steroid dienone is 4. The minimum atomic E-state index is -0.397. The SMILES string of the molecule is CN(C)c1ccc(C(C2=CC=CC2)(c2ccc(N(C)C)cc2)C2c3ccc(C(C)(C)C)cc3-c3cc(C(C)(C)C)ccc32)cc1. The second-order valence-corrected chi connectivity index (χ2v) is 15.6. The Morgan fingerprint density at radius 3 is 1.27 bits per heavy atom. The van der Waals surface area contributed by atoms with Crippen LogP contribution in [-0.4, -0.2) is 28.2 Å². The zero-order chi connectivity index (χ0) is 32.3. The van der Waals surface area contributed by atoms with E-state index in [0.29, 0.717) is 0 Å². The summed E-state index contributed by atoms with van der Waals surface area (Å²) in [7, 11) is 8.48. The van der Waals surface area contributed by atoms with E-state index in [-0.39, 0.29) is 16.7 Å². The second-order valence-electron chi connectivity index (χ2n) is 15.6. The first-order valence-corrected chi connectivity index (χ1v) is 16.4. The molecular weight excluding hydrogens is 544 g/mol. The van der Waals surface area contributed by atoms with Crippen LogP contribution in [0.4, 0.5) is 11.4 Å². The van der Waals surface area contributed by atoms with Gasteiger partial charge in [0, 0.05) is 45.5 Å². The van der Waals surface area contributed by atoms with Crippen LogP contribution in [0.2, 0.25) is 0 Å². The molecule has 0 spiro atoms. The first-order valence-electron chi connectivity index (χ1n) is 16.4. The Kier molecular flexibility index (Phi) is 7.63. The van der Waals surface area contributed by atoms with Crippen LogP contribution in [0.25, 0.3) is 11.1 Å². The van der Waals surface area contributed by atoms with Crippen LogP contribution in [0.5, 0.6) is 0 Å². The Hall–Kier alpha value is -4.04. The summed E-state index contributed by atoms with van der Waals surface area (Å²) in [6, 6.07) is 33.4. The molecule has 6 rings (SSSR count). The lowest BCUT2D eigenvalue weighted by Crippen LogP contribution is -2.37. The standard InChI is InChI=1S/C43H50N2/c1-41(2,3)32-19-25-36-38(27-32)39-28-33(42(4,5)6)20-26-37(39)40(36)43(29-13-11-12-14-29,30-15-21-34(22-16-30)44(7)8)31-17-23-35(24-18-31)45(9)10/h11-13,15-28,40H,14H2,1-10H3. The van der Waals surface area contributed by atoms with Crippen molar-refractivity contribution in [2.45, 2.75) is 70.1 Å². The van der Waals surface area contributed by atoms with E-state index in [1.807, 2.05) is 0 Å². The first kappa shape index (κ1) is 31.0. The van der Waals surface area contributed by atoms with Crippen LogP contribution in [0.1, 0.15) is 87.3 Å². The molecule has 0 fully saturated rings. The summed E-state index contributed by atoms with van der Waals surface area (Å²) in [5.74, 6) is 0.118. The highest BCUT2D eigenvalue weighted by molar-refractivity contribution is 5.83. The zero-order valence-electron chi connectivity index (χ0n) is 29.0. The van der Waals surface area contributed by atoms with Gasteiger partial charge < -0.3 is 9.80 Å². The van der Waals surface area contributed by atoms with Gasteiger partial charge in [-0.3, -0.25) is 0 Å². The van der Waals surface area contributed by atoms with E-state index in [1.54, 1.807) is 0 Å². The summed E-state index contributed by atoms with van der Waals surface area (Å²) in [6.45, 7) is 13.9. The molecule has 4 aromatic rings. The Bertz CT molecular complexity index is 1650. The van der Waals surface area contributed by atoms with Crippen LogP contribution in [0.15, 0.2) is 109 Å². The highest BCUT2D eigenvalue weighted by Gasteiger charge is 2.50. The van der Waals surface area contributed by atoms with Crippen LogP contribution in [0, 0.1) is 0 Å². The fraction of sp³-hybridized carbons (Fsp3) is 0.349. The Morgan fingerprint density at radius 1 is 0.533 bits per heavy atom. The van der Waals surface area contributed by atoms with Gasteiger partial charge in [0.1, 0.15) is 0 Å². The van der Waals surface area contributed by atoms with Crippen LogP contribution in [0.3, 0.4) is 0 Å². The first-order chi connectivity index (χ1) is 21.2. The predicted molar refractivity (Wildman–Crippen MR) is 195 cm³/mol. The summed E-state index contributed by atoms with van der Waals surface area (Å²) >= 11 is 0. The third-order valence-electron chi connectivity index (χ3n) is 10.1. The maximum atomic E-state index is 2.50. The number of nitrogens with zero attached hydrogens (tertiary/aromatic N) is 2. The molecule has 0 N–H and O–H groups in total. The minimum Gasteiger partial charge on any atom is -0.378 e. The minimum absolute atomic E-state index is 0.0634. The quantitative estimate of drug-likeness (QED) is 0.219. The maximum Gasteiger partial charge on any atom is 0.0526 e. The van der Waals surface area contributed by atoms with Crippen LogP contribution < -0.4 is 9.80 Å². The fourth-order valence-corrected chi connectivity index (χ4v) is 7.49. The Labute approximate surface area is 272 Å². The van der Waals surface area contributed by atoms with Crippen molar-refractivity contribution in [3.8, 4) is 11.1 Å². The van der Waals surface area contributed by atoms with Gasteiger partial charge in [0.15, 0.2) is 0 Å². The number of fused-ring (bicyclic) bond motifs is 3. The van der Waals surface area contributed by atoms with Crippen LogP contribution >= 0.6 is 0 Å². The van der Waals surface area contributed by atoms with Crippen LogP contribution in [-0.2, 0) is 16.2 Å². The highest BCUT2D eigenvalue weighted by Crippen LogP contribution is 2.61. The topological polar surface area (TPSA) is 6.48 Å². The van der Waals surface area contributed by atoms with Gasteiger partial charge in [0.25, 0.3) is 0 Å². The molecule has 0 atom stereocenters. The summed E-state index contributed by atoms with van der Waals surface area (Å²) in [6.07, 6.45) is 7.92. The molecule has 0 unspecified atom stereocenters. The Balaban J connectivity index is 1.72. The molecule has 0 saturated heterocycles. The molecule has 0 radical (unpaired) electrons. The average molecular weight is 595 g/mol. The lowest BCUT2D eigenvalue weighted by atomic mass is 9.58. The maximum absolute atomic E-state index is 2.50. The van der Waals surface area contributed by atoms with Crippen molar-refractivity contribution in [3.63, 3.8) is 0 Å². The molecule has 0 heterocycles. The van der Waals surface area contributed by atoms with Gasteiger partial charge in [-0.15, -0.1) is 0 Å². The fourth-order valence-electron chi connectivity index (χ4n) is 7.49. The molecule has 2 aliphatic carbocycles. The summed E-state index contributed by atoms with van der Waals surface area (Å²) in [4.78, 5) is 4.38. The average Bonchev–Trinajstić information content (AvgIpc) is 3.64. The third kappa shape index (κ3) is 5.23. The monoisotopic (exact) mass is 594 g/mol. The van der Waals surface area contributed by atoms with Gasteiger partial charge in [-0.2, -0.15) is 0 Å². The Morgan fingerprint density at radius 2 is 0.933 bits per heavy atom. The molecule has 2 aliphatic rings. The molecule has 0 amide bonds. The molecular formula is C43H50N2. The zero-order valence-corrected chi connectivity index (χ0v) is 29.0. The van der Waals surface area contributed by atoms with Gasteiger partial charge in [-0.25, -0.2) is 0 Å².